The first-order valence-electron chi connectivity index (χ1n) is 9.31. The standard InChI is InChI=1S/C20H19ClN6O3S/c1-26-17-5-3-2-4-15(17)25-20(26)27-19(28)18(21)16(12-24-27)23-11-10-13-6-8-14(9-7-13)31(22,29)30/h2-9,12,23H,10-11H2,1H3,(H2,22,29,30). The van der Waals surface area contributed by atoms with Crippen molar-refractivity contribution < 1.29 is 8.42 Å². The molecule has 0 saturated carbocycles. The molecule has 31 heavy (non-hydrogen) atoms. The molecule has 0 radical (unpaired) electrons. The molecular formula is C20H19ClN6O3S. The minimum atomic E-state index is -3.72. The maximum absolute atomic E-state index is 12.8. The van der Waals surface area contributed by atoms with Crippen molar-refractivity contribution in [2.24, 2.45) is 12.2 Å². The number of nitrogens with two attached hydrogens (primary N) is 1. The predicted octanol–water partition coefficient (Wildman–Crippen LogP) is 2.07. The van der Waals surface area contributed by atoms with Crippen molar-refractivity contribution in [1.82, 2.24) is 19.3 Å². The topological polar surface area (TPSA) is 125 Å². The van der Waals surface area contributed by atoms with Gasteiger partial charge in [-0.05, 0) is 36.2 Å². The lowest BCUT2D eigenvalue weighted by Gasteiger charge is -2.10. The van der Waals surface area contributed by atoms with E-state index in [1.54, 1.807) is 23.7 Å². The van der Waals surface area contributed by atoms with Gasteiger partial charge in [0.1, 0.15) is 5.02 Å². The summed E-state index contributed by atoms with van der Waals surface area (Å²) in [6.07, 6.45) is 2.06. The van der Waals surface area contributed by atoms with Gasteiger partial charge in [0.25, 0.3) is 5.56 Å². The van der Waals surface area contributed by atoms with E-state index in [4.69, 9.17) is 16.7 Å². The highest BCUT2D eigenvalue weighted by molar-refractivity contribution is 7.89. The maximum atomic E-state index is 12.8. The molecule has 0 saturated heterocycles. The summed E-state index contributed by atoms with van der Waals surface area (Å²) in [6.45, 7) is 0.464. The van der Waals surface area contributed by atoms with Crippen LogP contribution < -0.4 is 16.0 Å². The zero-order valence-electron chi connectivity index (χ0n) is 16.5. The Balaban J connectivity index is 1.51. The van der Waals surface area contributed by atoms with E-state index in [0.29, 0.717) is 24.6 Å². The molecule has 0 fully saturated rings. The average Bonchev–Trinajstić information content (AvgIpc) is 3.07. The zero-order chi connectivity index (χ0) is 22.2. The largest absolute Gasteiger partial charge is 0.382 e. The Kier molecular flexibility index (Phi) is 5.52. The molecule has 4 aromatic rings. The molecule has 2 aromatic carbocycles. The van der Waals surface area contributed by atoms with Gasteiger partial charge < -0.3 is 9.88 Å². The number of benzene rings is 2. The van der Waals surface area contributed by atoms with Crippen LogP contribution in [-0.2, 0) is 23.5 Å². The normalized spacial score (nSPS) is 11.7. The highest BCUT2D eigenvalue weighted by Crippen LogP contribution is 2.19. The van der Waals surface area contributed by atoms with E-state index in [2.05, 4.69) is 15.4 Å². The van der Waals surface area contributed by atoms with Gasteiger partial charge in [0.05, 0.1) is 27.8 Å². The van der Waals surface area contributed by atoms with Crippen molar-refractivity contribution in [3.8, 4) is 5.95 Å². The molecule has 0 spiro atoms. The molecule has 0 unspecified atom stereocenters. The monoisotopic (exact) mass is 458 g/mol. The van der Waals surface area contributed by atoms with E-state index in [1.165, 1.54) is 23.0 Å². The molecule has 3 N–H and O–H groups in total. The summed E-state index contributed by atoms with van der Waals surface area (Å²) in [6, 6.07) is 13.8. The highest BCUT2D eigenvalue weighted by Gasteiger charge is 2.16. The summed E-state index contributed by atoms with van der Waals surface area (Å²) in [4.78, 5) is 17.3. The number of sulfonamides is 1. The lowest BCUT2D eigenvalue weighted by molar-refractivity contribution is 0.598. The van der Waals surface area contributed by atoms with E-state index >= 15 is 0 Å². The third-order valence-corrected chi connectivity index (χ3v) is 6.15. The van der Waals surface area contributed by atoms with Crippen molar-refractivity contribution in [3.05, 3.63) is 75.7 Å². The summed E-state index contributed by atoms with van der Waals surface area (Å²) in [5.41, 5.74) is 2.45. The number of para-hydroxylation sites is 2. The smallest absolute Gasteiger partial charge is 0.295 e. The van der Waals surface area contributed by atoms with Crippen LogP contribution in [0.2, 0.25) is 5.02 Å². The van der Waals surface area contributed by atoms with Crippen molar-refractivity contribution in [3.63, 3.8) is 0 Å². The van der Waals surface area contributed by atoms with Gasteiger partial charge in [-0.1, -0.05) is 35.9 Å². The Hall–Kier alpha value is -3.21. The highest BCUT2D eigenvalue weighted by atomic mass is 35.5. The van der Waals surface area contributed by atoms with E-state index in [9.17, 15) is 13.2 Å². The van der Waals surface area contributed by atoms with Crippen molar-refractivity contribution in [2.75, 3.05) is 11.9 Å². The molecule has 0 bridgehead atoms. The summed E-state index contributed by atoms with van der Waals surface area (Å²) in [7, 11) is -1.91. The Labute approximate surface area is 183 Å². The molecule has 0 aliphatic rings. The van der Waals surface area contributed by atoms with Crippen LogP contribution in [0.3, 0.4) is 0 Å². The fraction of sp³-hybridized carbons (Fsp3) is 0.150. The summed E-state index contributed by atoms with van der Waals surface area (Å²) in [5.74, 6) is 0.370. The Bertz CT molecular complexity index is 1430. The van der Waals surface area contributed by atoms with E-state index < -0.39 is 15.6 Å². The number of nitrogens with zero attached hydrogens (tertiary/aromatic N) is 4. The lowest BCUT2D eigenvalue weighted by Crippen LogP contribution is -2.25. The third kappa shape index (κ3) is 4.18. The Morgan fingerprint density at radius 1 is 1.13 bits per heavy atom. The van der Waals surface area contributed by atoms with Gasteiger partial charge >= 0.3 is 0 Å². The zero-order valence-corrected chi connectivity index (χ0v) is 18.1. The molecule has 0 aliphatic heterocycles. The quantitative estimate of drug-likeness (QED) is 0.455. The fourth-order valence-electron chi connectivity index (χ4n) is 3.21. The van der Waals surface area contributed by atoms with Gasteiger partial charge in [0, 0.05) is 13.6 Å². The summed E-state index contributed by atoms with van der Waals surface area (Å²) >= 11 is 6.30. The first kappa shape index (κ1) is 21.0. The number of rotatable bonds is 6. The van der Waals surface area contributed by atoms with Gasteiger partial charge in [0.2, 0.25) is 16.0 Å². The van der Waals surface area contributed by atoms with Crippen LogP contribution in [-0.4, -0.2) is 34.3 Å². The van der Waals surface area contributed by atoms with Gasteiger partial charge in [-0.3, -0.25) is 4.79 Å². The number of hydrogen-bond donors (Lipinski definition) is 2. The molecule has 4 rings (SSSR count). The number of hydrogen-bond acceptors (Lipinski definition) is 6. The van der Waals surface area contributed by atoms with Crippen LogP contribution in [0.1, 0.15) is 5.56 Å². The minimum absolute atomic E-state index is 0.00614. The van der Waals surface area contributed by atoms with Crippen LogP contribution in [0, 0.1) is 0 Å². The number of anilines is 1. The average molecular weight is 459 g/mol. The molecule has 11 heteroatoms. The molecule has 160 valence electrons. The number of imidazole rings is 1. The van der Waals surface area contributed by atoms with E-state index in [-0.39, 0.29) is 9.92 Å². The fourth-order valence-corrected chi connectivity index (χ4v) is 3.92. The molecule has 0 atom stereocenters. The van der Waals surface area contributed by atoms with Crippen LogP contribution >= 0.6 is 11.6 Å². The van der Waals surface area contributed by atoms with Crippen molar-refractivity contribution in [2.45, 2.75) is 11.3 Å². The Morgan fingerprint density at radius 3 is 2.52 bits per heavy atom. The SMILES string of the molecule is Cn1c(-n2ncc(NCCc3ccc(S(N)(=O)=O)cc3)c(Cl)c2=O)nc2ccccc21. The summed E-state index contributed by atoms with van der Waals surface area (Å²) < 4.78 is 25.6. The lowest BCUT2D eigenvalue weighted by atomic mass is 10.1. The van der Waals surface area contributed by atoms with Crippen LogP contribution in [0.15, 0.2) is 64.4 Å². The molecule has 0 aliphatic carbocycles. The number of aryl methyl sites for hydroxylation is 1. The van der Waals surface area contributed by atoms with E-state index in [0.717, 1.165) is 16.6 Å². The first-order chi connectivity index (χ1) is 14.8. The number of halogens is 1. The van der Waals surface area contributed by atoms with Gasteiger partial charge in [0.15, 0.2) is 0 Å². The predicted molar refractivity (Wildman–Crippen MR) is 119 cm³/mol. The molecule has 9 nitrogen and oxygen atoms in total. The molecule has 2 aromatic heterocycles. The maximum Gasteiger partial charge on any atom is 0.295 e. The van der Waals surface area contributed by atoms with Crippen molar-refractivity contribution >= 4 is 38.3 Å². The van der Waals surface area contributed by atoms with E-state index in [1.807, 2.05) is 24.3 Å². The molecular weight excluding hydrogens is 440 g/mol. The van der Waals surface area contributed by atoms with Gasteiger partial charge in [-0.2, -0.15) is 9.78 Å². The molecule has 0 amide bonds. The molecule has 2 heterocycles. The van der Waals surface area contributed by atoms with Crippen LogP contribution in [0.4, 0.5) is 5.69 Å². The van der Waals surface area contributed by atoms with Crippen LogP contribution in [0.5, 0.6) is 0 Å². The van der Waals surface area contributed by atoms with Gasteiger partial charge in [-0.15, -0.1) is 0 Å². The third-order valence-electron chi connectivity index (χ3n) is 4.85. The second-order valence-corrected chi connectivity index (χ2v) is 8.85. The minimum Gasteiger partial charge on any atom is -0.382 e. The Morgan fingerprint density at radius 2 is 1.84 bits per heavy atom. The van der Waals surface area contributed by atoms with Crippen molar-refractivity contribution in [1.29, 1.82) is 0 Å². The van der Waals surface area contributed by atoms with Gasteiger partial charge in [-0.25, -0.2) is 18.5 Å². The van der Waals surface area contributed by atoms with Crippen LogP contribution in [0.25, 0.3) is 17.0 Å². The summed E-state index contributed by atoms with van der Waals surface area (Å²) in [5, 5.41) is 12.4. The first-order valence-corrected chi connectivity index (χ1v) is 11.2. The second kappa shape index (κ2) is 8.14. The number of primary sulfonamides is 1. The second-order valence-electron chi connectivity index (χ2n) is 6.91. The number of nitrogens with one attached hydrogen (secondary N) is 1. The number of fused-ring (bicyclic) bond motifs is 1. The number of aromatic nitrogens is 4.